The van der Waals surface area contributed by atoms with Gasteiger partial charge in [0.1, 0.15) is 0 Å². The average molecular weight is 547 g/mol. The Hall–Kier alpha value is -2.80. The molecule has 0 saturated heterocycles. The van der Waals surface area contributed by atoms with Gasteiger partial charge in [0.2, 0.25) is 10.0 Å². The van der Waals surface area contributed by atoms with Crippen molar-refractivity contribution in [3.05, 3.63) is 100 Å². The maximum absolute atomic E-state index is 13.3. The van der Waals surface area contributed by atoms with E-state index in [9.17, 15) is 13.2 Å². The van der Waals surface area contributed by atoms with Crippen LogP contribution in [0.3, 0.4) is 0 Å². The van der Waals surface area contributed by atoms with Crippen LogP contribution >= 0.6 is 0 Å². The number of fused-ring (bicyclic) bond motifs is 1. The van der Waals surface area contributed by atoms with Crippen LogP contribution in [-0.2, 0) is 29.5 Å². The predicted octanol–water partition coefficient (Wildman–Crippen LogP) is 6.70. The lowest BCUT2D eigenvalue weighted by atomic mass is 9.97. The highest BCUT2D eigenvalue weighted by molar-refractivity contribution is 7.89. The van der Waals surface area contributed by atoms with Gasteiger partial charge >= 0.3 is 0 Å². The summed E-state index contributed by atoms with van der Waals surface area (Å²) in [4.78, 5) is 15.9. The van der Waals surface area contributed by atoms with Crippen molar-refractivity contribution in [1.82, 2.24) is 9.21 Å². The molecule has 0 amide bonds. The fraction of sp³-hybridized carbons (Fsp3) is 0.424. The lowest BCUT2D eigenvalue weighted by molar-refractivity contribution is 0.0945. The Bertz CT molecular complexity index is 1390. The molecule has 0 fully saturated rings. The van der Waals surface area contributed by atoms with E-state index < -0.39 is 10.0 Å². The number of hydrogen-bond acceptors (Lipinski definition) is 4. The second-order valence-corrected chi connectivity index (χ2v) is 13.8. The third-order valence-corrected chi connectivity index (χ3v) is 9.52. The van der Waals surface area contributed by atoms with Crippen molar-refractivity contribution in [3.63, 3.8) is 0 Å². The molecule has 0 bridgehead atoms. The number of nitrogens with zero attached hydrogens (tertiary/aromatic N) is 2. The zero-order chi connectivity index (χ0) is 28.2. The predicted molar refractivity (Wildman–Crippen MR) is 158 cm³/mol. The third-order valence-electron chi connectivity index (χ3n) is 7.66. The quantitative estimate of drug-likeness (QED) is 0.280. The van der Waals surface area contributed by atoms with Gasteiger partial charge in [0.25, 0.3) is 0 Å². The Morgan fingerprint density at radius 1 is 0.897 bits per heavy atom. The number of carbonyl (C=O) groups is 1. The minimum absolute atomic E-state index is 0.00277. The number of Topliss-reactive ketones (excluding diaryl/α,β-unsaturated/α-hetero) is 1. The van der Waals surface area contributed by atoms with Crippen LogP contribution in [0.15, 0.2) is 71.6 Å². The lowest BCUT2D eigenvalue weighted by Crippen LogP contribution is -2.41. The molecule has 0 spiro atoms. The number of ketones is 1. The number of rotatable bonds is 9. The van der Waals surface area contributed by atoms with Crippen molar-refractivity contribution in [2.45, 2.75) is 83.8 Å². The van der Waals surface area contributed by atoms with Crippen LogP contribution < -0.4 is 0 Å². The molecule has 1 aliphatic rings. The highest BCUT2D eigenvalue weighted by Crippen LogP contribution is 2.26. The summed E-state index contributed by atoms with van der Waals surface area (Å²) in [5.41, 5.74) is 6.37. The maximum Gasteiger partial charge on any atom is 0.243 e. The van der Waals surface area contributed by atoms with Gasteiger partial charge < -0.3 is 0 Å². The molecular weight excluding hydrogens is 504 g/mol. The molecule has 208 valence electrons. The van der Waals surface area contributed by atoms with E-state index in [1.54, 1.807) is 16.4 Å². The van der Waals surface area contributed by atoms with E-state index in [1.165, 1.54) is 11.1 Å². The van der Waals surface area contributed by atoms with E-state index in [2.05, 4.69) is 56.9 Å². The van der Waals surface area contributed by atoms with Gasteiger partial charge in [0, 0.05) is 37.2 Å². The third kappa shape index (κ3) is 7.44. The summed E-state index contributed by atoms with van der Waals surface area (Å²) in [7, 11) is -3.57. The van der Waals surface area contributed by atoms with Gasteiger partial charge in [0.05, 0.1) is 4.90 Å². The molecule has 3 aromatic carbocycles. The minimum atomic E-state index is -3.57. The summed E-state index contributed by atoms with van der Waals surface area (Å²) in [6.07, 6.45) is 2.79. The van der Waals surface area contributed by atoms with E-state index in [4.69, 9.17) is 0 Å². The lowest BCUT2D eigenvalue weighted by Gasteiger charge is -2.36. The molecule has 1 heterocycles. The molecule has 6 heteroatoms. The molecule has 4 rings (SSSR count). The number of aryl methyl sites for hydroxylation is 3. The number of hydrogen-bond donors (Lipinski definition) is 0. The zero-order valence-corrected chi connectivity index (χ0v) is 24.9. The molecule has 0 N–H and O–H groups in total. The van der Waals surface area contributed by atoms with E-state index in [-0.39, 0.29) is 11.3 Å². The number of sulfonamides is 1. The molecule has 0 saturated carbocycles. The number of benzene rings is 3. The van der Waals surface area contributed by atoms with Crippen LogP contribution in [0.1, 0.15) is 78.2 Å². The van der Waals surface area contributed by atoms with Gasteiger partial charge in [0.15, 0.2) is 5.78 Å². The Morgan fingerprint density at radius 3 is 2.18 bits per heavy atom. The second kappa shape index (κ2) is 12.2. The van der Waals surface area contributed by atoms with Crippen LogP contribution in [0.4, 0.5) is 0 Å². The monoisotopic (exact) mass is 546 g/mol. The molecule has 0 aromatic heterocycles. The second-order valence-electron chi connectivity index (χ2n) is 11.8. The fourth-order valence-corrected chi connectivity index (χ4v) is 6.56. The molecule has 0 aliphatic carbocycles. The van der Waals surface area contributed by atoms with Crippen LogP contribution in [0.25, 0.3) is 0 Å². The van der Waals surface area contributed by atoms with Gasteiger partial charge in [-0.15, -0.1) is 0 Å². The van der Waals surface area contributed by atoms with Crippen LogP contribution in [0, 0.1) is 13.8 Å². The van der Waals surface area contributed by atoms with Gasteiger partial charge in [-0.1, -0.05) is 59.7 Å². The Balaban J connectivity index is 1.39. The van der Waals surface area contributed by atoms with Crippen molar-refractivity contribution < 1.29 is 13.2 Å². The summed E-state index contributed by atoms with van der Waals surface area (Å²) in [5.74, 6) is 0.148. The maximum atomic E-state index is 13.3. The standard InChI is InChI=1S/C33H42N2O3S/c1-25-10-14-27(15-11-25)23-34(33(3,4)5)20-7-9-32(36)29-16-17-30-24-35(21-6-8-28(30)22-29)39(37,38)31-18-12-26(2)13-19-31/h10-19,22H,6-9,20-21,23-24H2,1-5H3. The van der Waals surface area contributed by atoms with Crippen molar-refractivity contribution in [2.75, 3.05) is 13.1 Å². The SMILES string of the molecule is Cc1ccc(CN(CCCC(=O)c2ccc3c(c2)CCCN(S(=O)(=O)c2ccc(C)cc2)C3)C(C)(C)C)cc1. The number of carbonyl (C=O) groups excluding carboxylic acids is 1. The molecule has 1 aliphatic heterocycles. The highest BCUT2D eigenvalue weighted by Gasteiger charge is 2.27. The summed E-state index contributed by atoms with van der Waals surface area (Å²) in [6, 6.07) is 21.5. The highest BCUT2D eigenvalue weighted by atomic mass is 32.2. The molecule has 5 nitrogen and oxygen atoms in total. The van der Waals surface area contributed by atoms with Crippen molar-refractivity contribution in [3.8, 4) is 0 Å². The first-order chi connectivity index (χ1) is 18.4. The Labute approximate surface area is 234 Å². The normalized spacial score (nSPS) is 14.7. The fourth-order valence-electron chi connectivity index (χ4n) is 5.11. The van der Waals surface area contributed by atoms with Crippen molar-refractivity contribution in [2.24, 2.45) is 0 Å². The van der Waals surface area contributed by atoms with E-state index in [0.717, 1.165) is 54.6 Å². The first-order valence-corrected chi connectivity index (χ1v) is 15.4. The minimum Gasteiger partial charge on any atom is -0.294 e. The molecule has 39 heavy (non-hydrogen) atoms. The van der Waals surface area contributed by atoms with E-state index in [1.807, 2.05) is 37.3 Å². The van der Waals surface area contributed by atoms with Crippen molar-refractivity contribution in [1.29, 1.82) is 0 Å². The largest absolute Gasteiger partial charge is 0.294 e. The Morgan fingerprint density at radius 2 is 1.54 bits per heavy atom. The zero-order valence-electron chi connectivity index (χ0n) is 24.0. The molecule has 3 aromatic rings. The van der Waals surface area contributed by atoms with Gasteiger partial charge in [-0.25, -0.2) is 8.42 Å². The van der Waals surface area contributed by atoms with Gasteiger partial charge in [-0.2, -0.15) is 4.31 Å². The Kier molecular flexibility index (Phi) is 9.10. The molecule has 0 radical (unpaired) electrons. The van der Waals surface area contributed by atoms with Gasteiger partial charge in [-0.3, -0.25) is 9.69 Å². The summed E-state index contributed by atoms with van der Waals surface area (Å²) in [5, 5.41) is 0. The first-order valence-electron chi connectivity index (χ1n) is 14.0. The molecular formula is C33H42N2O3S. The van der Waals surface area contributed by atoms with E-state index >= 15 is 0 Å². The smallest absolute Gasteiger partial charge is 0.243 e. The summed E-state index contributed by atoms with van der Waals surface area (Å²) < 4.78 is 28.1. The first kappa shape index (κ1) is 29.2. The van der Waals surface area contributed by atoms with Gasteiger partial charge in [-0.05, 0) is 95.3 Å². The molecule has 0 unspecified atom stereocenters. The van der Waals surface area contributed by atoms with Crippen LogP contribution in [-0.4, -0.2) is 42.0 Å². The van der Waals surface area contributed by atoms with E-state index in [0.29, 0.717) is 24.4 Å². The summed E-state index contributed by atoms with van der Waals surface area (Å²) in [6.45, 7) is 13.2. The van der Waals surface area contributed by atoms with Crippen LogP contribution in [0.5, 0.6) is 0 Å². The van der Waals surface area contributed by atoms with Crippen LogP contribution in [0.2, 0.25) is 0 Å². The van der Waals surface area contributed by atoms with Crippen molar-refractivity contribution >= 4 is 15.8 Å². The summed E-state index contributed by atoms with van der Waals surface area (Å²) >= 11 is 0. The molecule has 0 atom stereocenters. The average Bonchev–Trinajstić information content (AvgIpc) is 3.11. The topological polar surface area (TPSA) is 57.7 Å².